The van der Waals surface area contributed by atoms with E-state index in [2.05, 4.69) is 25.6 Å². The first kappa shape index (κ1) is 21.6. The summed E-state index contributed by atoms with van der Waals surface area (Å²) in [5, 5.41) is 13.9. The maximum Gasteiger partial charge on any atom is 0.387 e. The van der Waals surface area contributed by atoms with Gasteiger partial charge in [0, 0.05) is 11.1 Å². The smallest absolute Gasteiger partial charge is 0.387 e. The van der Waals surface area contributed by atoms with Crippen molar-refractivity contribution in [2.45, 2.75) is 13.5 Å². The third kappa shape index (κ3) is 5.28. The van der Waals surface area contributed by atoms with Crippen LogP contribution in [0.5, 0.6) is 5.75 Å². The molecule has 30 heavy (non-hydrogen) atoms. The summed E-state index contributed by atoms with van der Waals surface area (Å²) in [7, 11) is 0. The number of amides is 2. The van der Waals surface area contributed by atoms with E-state index in [1.54, 1.807) is 0 Å². The maximum atomic E-state index is 12.6. The third-order valence-corrected chi connectivity index (χ3v) is 4.99. The molecule has 0 saturated carbocycles. The second-order valence-electron chi connectivity index (χ2n) is 5.95. The average Bonchev–Trinajstić information content (AvgIpc) is 3.17. The number of nitrogens with zero attached hydrogens (tertiary/aromatic N) is 2. The summed E-state index contributed by atoms with van der Waals surface area (Å²) < 4.78 is 29.5. The van der Waals surface area contributed by atoms with E-state index < -0.39 is 24.3 Å². The van der Waals surface area contributed by atoms with Gasteiger partial charge in [-0.1, -0.05) is 35.6 Å². The second kappa shape index (κ2) is 9.59. The number of nitrogens with one attached hydrogen (secondary N) is 2. The Kier molecular flexibility index (Phi) is 6.91. The van der Waals surface area contributed by atoms with Crippen molar-refractivity contribution in [3.8, 4) is 16.3 Å². The van der Waals surface area contributed by atoms with Crippen LogP contribution in [0.1, 0.15) is 15.9 Å². The van der Waals surface area contributed by atoms with Crippen LogP contribution < -0.4 is 15.4 Å². The molecular formula is C19H15ClF2N4O3S. The van der Waals surface area contributed by atoms with Gasteiger partial charge in [0.15, 0.2) is 0 Å². The Morgan fingerprint density at radius 3 is 2.63 bits per heavy atom. The van der Waals surface area contributed by atoms with Crippen molar-refractivity contribution in [2.24, 2.45) is 0 Å². The minimum Gasteiger partial charge on any atom is -0.433 e. The van der Waals surface area contributed by atoms with Gasteiger partial charge in [0.2, 0.25) is 11.0 Å². The normalized spacial score (nSPS) is 10.7. The lowest BCUT2D eigenvalue weighted by molar-refractivity contribution is -0.114. The topological polar surface area (TPSA) is 93.2 Å². The van der Waals surface area contributed by atoms with Gasteiger partial charge < -0.3 is 10.1 Å². The molecule has 2 aromatic carbocycles. The summed E-state index contributed by atoms with van der Waals surface area (Å²) in [5.74, 6) is -1.89. The van der Waals surface area contributed by atoms with Crippen LogP contribution in [-0.2, 0) is 4.79 Å². The molecule has 7 nitrogen and oxygen atoms in total. The Bertz CT molecular complexity index is 1080. The average molecular weight is 453 g/mol. The molecule has 0 radical (unpaired) electrons. The molecule has 3 aromatic rings. The minimum atomic E-state index is -3.10. The minimum absolute atomic E-state index is 0.0918. The van der Waals surface area contributed by atoms with Crippen LogP contribution in [0.25, 0.3) is 10.6 Å². The van der Waals surface area contributed by atoms with Crippen LogP contribution in [0.2, 0.25) is 0 Å². The summed E-state index contributed by atoms with van der Waals surface area (Å²) in [6, 6.07) is 11.3. The molecule has 0 fully saturated rings. The molecule has 0 aliphatic rings. The fraction of sp³-hybridized carbons (Fsp3) is 0.158. The molecule has 0 aliphatic carbocycles. The Labute approximate surface area is 179 Å². The van der Waals surface area contributed by atoms with Gasteiger partial charge in [-0.2, -0.15) is 8.78 Å². The van der Waals surface area contributed by atoms with E-state index in [1.165, 1.54) is 23.5 Å². The summed E-state index contributed by atoms with van der Waals surface area (Å²) in [6.45, 7) is -1.16. The van der Waals surface area contributed by atoms with E-state index in [4.69, 9.17) is 11.6 Å². The molecule has 0 aliphatic heterocycles. The van der Waals surface area contributed by atoms with Gasteiger partial charge in [-0.25, -0.2) is 0 Å². The van der Waals surface area contributed by atoms with E-state index in [0.717, 1.165) is 17.2 Å². The first-order valence-electron chi connectivity index (χ1n) is 8.53. The number of ether oxygens (including phenoxy) is 1. The van der Waals surface area contributed by atoms with Gasteiger partial charge in [0.1, 0.15) is 16.6 Å². The van der Waals surface area contributed by atoms with Crippen molar-refractivity contribution in [2.75, 3.05) is 16.5 Å². The molecule has 156 valence electrons. The van der Waals surface area contributed by atoms with Crippen LogP contribution in [0.15, 0.2) is 42.5 Å². The van der Waals surface area contributed by atoms with Gasteiger partial charge in [0.05, 0.1) is 5.69 Å². The molecule has 2 amide bonds. The molecule has 2 N–H and O–H groups in total. The van der Waals surface area contributed by atoms with Crippen molar-refractivity contribution < 1.29 is 23.1 Å². The van der Waals surface area contributed by atoms with E-state index >= 15 is 0 Å². The monoisotopic (exact) mass is 452 g/mol. The van der Waals surface area contributed by atoms with Crippen LogP contribution >= 0.6 is 22.9 Å². The number of anilines is 2. The number of carbonyl (C=O) groups is 2. The number of rotatable bonds is 7. The standard InChI is InChI=1S/C19H15ClF2N4O3S/c1-10-4-2-3-5-12(10)17-25-26-19(30-17)24-16(28)11-6-7-14(29-18(21)22)13(8-11)23-15(27)9-20/h2-8,18H,9H2,1H3,(H,23,27)(H,24,26,28). The van der Waals surface area contributed by atoms with E-state index in [1.807, 2.05) is 31.2 Å². The van der Waals surface area contributed by atoms with E-state index in [0.29, 0.717) is 5.01 Å². The predicted octanol–water partition coefficient (Wildman–Crippen LogP) is 4.54. The van der Waals surface area contributed by atoms with Crippen molar-refractivity contribution in [1.29, 1.82) is 0 Å². The van der Waals surface area contributed by atoms with E-state index in [9.17, 15) is 18.4 Å². The highest BCUT2D eigenvalue weighted by Gasteiger charge is 2.17. The number of benzene rings is 2. The third-order valence-electron chi connectivity index (χ3n) is 3.87. The van der Waals surface area contributed by atoms with Crippen molar-refractivity contribution in [3.05, 3.63) is 53.6 Å². The van der Waals surface area contributed by atoms with Gasteiger partial charge >= 0.3 is 6.61 Å². The highest BCUT2D eigenvalue weighted by molar-refractivity contribution is 7.18. The number of halogens is 3. The SMILES string of the molecule is Cc1ccccc1-c1nnc(NC(=O)c2ccc(OC(F)F)c(NC(=O)CCl)c2)s1. The first-order valence-corrected chi connectivity index (χ1v) is 9.88. The summed E-state index contributed by atoms with van der Waals surface area (Å²) in [6.07, 6.45) is 0. The first-order chi connectivity index (χ1) is 14.4. The molecule has 1 heterocycles. The van der Waals surface area contributed by atoms with Gasteiger partial charge in [-0.05, 0) is 30.7 Å². The molecule has 11 heteroatoms. The molecule has 0 spiro atoms. The Hall–Kier alpha value is -3.11. The number of hydrogen-bond donors (Lipinski definition) is 2. The molecule has 1 aromatic heterocycles. The number of aryl methyl sites for hydroxylation is 1. The van der Waals surface area contributed by atoms with Crippen LogP contribution in [0.3, 0.4) is 0 Å². The van der Waals surface area contributed by atoms with E-state index in [-0.39, 0.29) is 22.1 Å². The van der Waals surface area contributed by atoms with Crippen molar-refractivity contribution in [1.82, 2.24) is 10.2 Å². The Morgan fingerprint density at radius 2 is 1.93 bits per heavy atom. The zero-order valence-corrected chi connectivity index (χ0v) is 17.1. The highest BCUT2D eigenvalue weighted by Crippen LogP contribution is 2.30. The van der Waals surface area contributed by atoms with Gasteiger partial charge in [-0.15, -0.1) is 21.8 Å². The van der Waals surface area contributed by atoms with Crippen molar-refractivity contribution >= 4 is 45.6 Å². The lowest BCUT2D eigenvalue weighted by Crippen LogP contribution is -2.17. The molecule has 0 bridgehead atoms. The molecule has 0 atom stereocenters. The Morgan fingerprint density at radius 1 is 1.17 bits per heavy atom. The fourth-order valence-corrected chi connectivity index (χ4v) is 3.41. The lowest BCUT2D eigenvalue weighted by Gasteiger charge is -2.12. The predicted molar refractivity (Wildman–Crippen MR) is 110 cm³/mol. The maximum absolute atomic E-state index is 12.6. The number of hydrogen-bond acceptors (Lipinski definition) is 6. The number of aromatic nitrogens is 2. The molecule has 0 unspecified atom stereocenters. The second-order valence-corrected chi connectivity index (χ2v) is 7.20. The van der Waals surface area contributed by atoms with Gasteiger partial charge in [0.25, 0.3) is 5.91 Å². The summed E-state index contributed by atoms with van der Waals surface area (Å²) in [4.78, 5) is 24.1. The zero-order valence-electron chi connectivity index (χ0n) is 15.5. The van der Waals surface area contributed by atoms with Crippen molar-refractivity contribution in [3.63, 3.8) is 0 Å². The quantitative estimate of drug-likeness (QED) is 0.513. The van der Waals surface area contributed by atoms with Gasteiger partial charge in [-0.3, -0.25) is 14.9 Å². The Balaban J connectivity index is 1.80. The summed E-state index contributed by atoms with van der Waals surface area (Å²) >= 11 is 6.63. The fourth-order valence-electron chi connectivity index (χ4n) is 2.52. The molecule has 0 saturated heterocycles. The number of carbonyl (C=O) groups excluding carboxylic acids is 2. The molecule has 3 rings (SSSR count). The van der Waals surface area contributed by atoms with Crippen LogP contribution in [-0.4, -0.2) is 34.5 Å². The van der Waals surface area contributed by atoms with Crippen LogP contribution in [0, 0.1) is 6.92 Å². The largest absolute Gasteiger partial charge is 0.433 e. The van der Waals surface area contributed by atoms with Crippen LogP contribution in [0.4, 0.5) is 19.6 Å². The molecular weight excluding hydrogens is 438 g/mol. The lowest BCUT2D eigenvalue weighted by atomic mass is 10.1. The summed E-state index contributed by atoms with van der Waals surface area (Å²) in [5.41, 5.74) is 1.90. The number of alkyl halides is 3. The zero-order chi connectivity index (χ0) is 21.7. The highest BCUT2D eigenvalue weighted by atomic mass is 35.5.